The van der Waals surface area contributed by atoms with Crippen LogP contribution in [0.15, 0.2) is 73.3 Å². The van der Waals surface area contributed by atoms with E-state index in [-0.39, 0.29) is 5.91 Å². The Morgan fingerprint density at radius 3 is 2.48 bits per heavy atom. The Bertz CT molecular complexity index is 1010. The third-order valence-corrected chi connectivity index (χ3v) is 5.60. The minimum atomic E-state index is -0.919. The van der Waals surface area contributed by atoms with Crippen LogP contribution in [0.3, 0.4) is 0 Å². The quantitative estimate of drug-likeness (QED) is 0.618. The SMILES string of the molecule is CN(C)C(=O)C1(Cc2cccc(-c3cccnc3)c2)CN(Cc2cccnc2)CCO1. The van der Waals surface area contributed by atoms with Crippen molar-refractivity contribution in [2.24, 2.45) is 0 Å². The Morgan fingerprint density at radius 2 is 1.77 bits per heavy atom. The van der Waals surface area contributed by atoms with Gasteiger partial charge in [0.05, 0.1) is 6.61 Å². The molecule has 1 aromatic carbocycles. The fraction of sp³-hybridized carbons (Fsp3) is 0.320. The first kappa shape index (κ1) is 21.2. The second kappa shape index (κ2) is 9.37. The van der Waals surface area contributed by atoms with Gasteiger partial charge in [-0.05, 0) is 34.4 Å². The normalized spacial score (nSPS) is 19.2. The van der Waals surface area contributed by atoms with E-state index < -0.39 is 5.60 Å². The first-order valence-electron chi connectivity index (χ1n) is 10.5. The van der Waals surface area contributed by atoms with Gasteiger partial charge in [0, 0.05) is 64.9 Å². The molecule has 1 atom stereocenters. The first-order valence-corrected chi connectivity index (χ1v) is 10.5. The fourth-order valence-electron chi connectivity index (χ4n) is 4.18. The first-order chi connectivity index (χ1) is 15.1. The number of ether oxygens (including phenoxy) is 1. The fourth-order valence-corrected chi connectivity index (χ4v) is 4.18. The smallest absolute Gasteiger partial charge is 0.255 e. The van der Waals surface area contributed by atoms with Gasteiger partial charge < -0.3 is 9.64 Å². The zero-order valence-electron chi connectivity index (χ0n) is 18.1. The van der Waals surface area contributed by atoms with E-state index in [9.17, 15) is 4.79 Å². The standard InChI is InChI=1S/C25H28N4O2/c1-28(2)24(30)25(19-29(12-13-31-25)18-21-7-4-10-26-16-21)15-20-6-3-8-22(14-20)23-9-5-11-27-17-23/h3-11,14,16-17H,12-13,15,18-19H2,1-2H3. The maximum Gasteiger partial charge on any atom is 0.255 e. The number of pyridine rings is 2. The molecule has 0 aliphatic carbocycles. The molecule has 6 heteroatoms. The highest BCUT2D eigenvalue weighted by Gasteiger charge is 2.44. The highest BCUT2D eigenvalue weighted by molar-refractivity contribution is 5.86. The molecule has 1 amide bonds. The molecule has 3 aromatic rings. The predicted molar refractivity (Wildman–Crippen MR) is 120 cm³/mol. The highest BCUT2D eigenvalue weighted by Crippen LogP contribution is 2.28. The molecule has 160 valence electrons. The van der Waals surface area contributed by atoms with E-state index in [1.54, 1.807) is 31.4 Å². The molecule has 0 radical (unpaired) electrons. The van der Waals surface area contributed by atoms with Gasteiger partial charge in [0.1, 0.15) is 0 Å². The van der Waals surface area contributed by atoms with Crippen LogP contribution in [0.2, 0.25) is 0 Å². The lowest BCUT2D eigenvalue weighted by molar-refractivity contribution is -0.169. The molecule has 0 saturated carbocycles. The van der Waals surface area contributed by atoms with Crippen molar-refractivity contribution in [1.82, 2.24) is 19.8 Å². The number of carbonyl (C=O) groups is 1. The topological polar surface area (TPSA) is 58.6 Å². The van der Waals surface area contributed by atoms with Crippen molar-refractivity contribution in [3.05, 3.63) is 84.4 Å². The largest absolute Gasteiger partial charge is 0.362 e. The van der Waals surface area contributed by atoms with E-state index in [2.05, 4.69) is 39.1 Å². The van der Waals surface area contributed by atoms with E-state index in [0.717, 1.165) is 35.3 Å². The molecule has 1 unspecified atom stereocenters. The Kier molecular flexibility index (Phi) is 6.39. The lowest BCUT2D eigenvalue weighted by Crippen LogP contribution is -2.60. The van der Waals surface area contributed by atoms with E-state index in [1.807, 2.05) is 36.7 Å². The van der Waals surface area contributed by atoms with Crippen LogP contribution < -0.4 is 0 Å². The van der Waals surface area contributed by atoms with E-state index in [1.165, 1.54) is 0 Å². The number of hydrogen-bond donors (Lipinski definition) is 0. The van der Waals surface area contributed by atoms with Crippen LogP contribution in [0, 0.1) is 0 Å². The van der Waals surface area contributed by atoms with Gasteiger partial charge >= 0.3 is 0 Å². The van der Waals surface area contributed by atoms with Crippen molar-refractivity contribution in [2.45, 2.75) is 18.6 Å². The molecule has 1 saturated heterocycles. The van der Waals surface area contributed by atoms with Crippen LogP contribution in [0.25, 0.3) is 11.1 Å². The van der Waals surface area contributed by atoms with Gasteiger partial charge in [-0.3, -0.25) is 19.7 Å². The van der Waals surface area contributed by atoms with Gasteiger partial charge in [-0.2, -0.15) is 0 Å². The number of morpholine rings is 1. The van der Waals surface area contributed by atoms with Crippen LogP contribution in [0.1, 0.15) is 11.1 Å². The minimum Gasteiger partial charge on any atom is -0.362 e. The van der Waals surface area contributed by atoms with Crippen LogP contribution in [-0.2, 0) is 22.5 Å². The molecule has 0 spiro atoms. The highest BCUT2D eigenvalue weighted by atomic mass is 16.5. The number of likely N-dealkylation sites (N-methyl/N-ethyl adjacent to an activating group) is 1. The number of amides is 1. The van der Waals surface area contributed by atoms with Crippen molar-refractivity contribution in [1.29, 1.82) is 0 Å². The number of aromatic nitrogens is 2. The van der Waals surface area contributed by atoms with Crippen LogP contribution in [-0.4, -0.2) is 65.1 Å². The van der Waals surface area contributed by atoms with Gasteiger partial charge in [0.25, 0.3) is 5.91 Å². The zero-order chi connectivity index (χ0) is 21.7. The summed E-state index contributed by atoms with van der Waals surface area (Å²) in [6, 6.07) is 16.3. The third kappa shape index (κ3) is 4.98. The molecule has 4 rings (SSSR count). The maximum atomic E-state index is 13.3. The van der Waals surface area contributed by atoms with Gasteiger partial charge in [-0.25, -0.2) is 0 Å². The molecule has 0 bridgehead atoms. The second-order valence-corrected chi connectivity index (χ2v) is 8.23. The van der Waals surface area contributed by atoms with Gasteiger partial charge in [-0.15, -0.1) is 0 Å². The molecule has 6 nitrogen and oxygen atoms in total. The molecule has 1 aliphatic rings. The summed E-state index contributed by atoms with van der Waals surface area (Å²) in [4.78, 5) is 25.7. The van der Waals surface area contributed by atoms with Gasteiger partial charge in [-0.1, -0.05) is 36.4 Å². The monoisotopic (exact) mass is 416 g/mol. The predicted octanol–water partition coefficient (Wildman–Crippen LogP) is 3.05. The Balaban J connectivity index is 1.60. The molecule has 2 aromatic heterocycles. The molecule has 1 aliphatic heterocycles. The van der Waals surface area contributed by atoms with Crippen molar-refractivity contribution >= 4 is 5.91 Å². The van der Waals surface area contributed by atoms with Crippen LogP contribution in [0.5, 0.6) is 0 Å². The maximum absolute atomic E-state index is 13.3. The summed E-state index contributed by atoms with van der Waals surface area (Å²) in [5.41, 5.74) is 3.42. The summed E-state index contributed by atoms with van der Waals surface area (Å²) in [7, 11) is 3.58. The molecule has 3 heterocycles. The van der Waals surface area contributed by atoms with Crippen molar-refractivity contribution < 1.29 is 9.53 Å². The van der Waals surface area contributed by atoms with Gasteiger partial charge in [0.15, 0.2) is 5.60 Å². The molecule has 31 heavy (non-hydrogen) atoms. The average Bonchev–Trinajstić information content (AvgIpc) is 2.80. The lowest BCUT2D eigenvalue weighted by Gasteiger charge is -2.43. The number of rotatable bonds is 6. The Morgan fingerprint density at radius 1 is 1.03 bits per heavy atom. The summed E-state index contributed by atoms with van der Waals surface area (Å²) < 4.78 is 6.25. The molecule has 1 fully saturated rings. The third-order valence-electron chi connectivity index (χ3n) is 5.60. The van der Waals surface area contributed by atoms with Crippen molar-refractivity contribution in [3.63, 3.8) is 0 Å². The lowest BCUT2D eigenvalue weighted by atomic mass is 9.89. The number of nitrogens with zero attached hydrogens (tertiary/aromatic N) is 4. The number of hydrogen-bond acceptors (Lipinski definition) is 5. The summed E-state index contributed by atoms with van der Waals surface area (Å²) in [5.74, 6) is -0.00447. The van der Waals surface area contributed by atoms with E-state index >= 15 is 0 Å². The Labute approximate surface area is 183 Å². The van der Waals surface area contributed by atoms with Gasteiger partial charge in [0.2, 0.25) is 0 Å². The zero-order valence-corrected chi connectivity index (χ0v) is 18.1. The summed E-state index contributed by atoms with van der Waals surface area (Å²) in [6.07, 6.45) is 7.79. The average molecular weight is 417 g/mol. The van der Waals surface area contributed by atoms with Crippen LogP contribution >= 0.6 is 0 Å². The molecular formula is C25H28N4O2. The second-order valence-electron chi connectivity index (χ2n) is 8.23. The Hall–Kier alpha value is -3.09. The van der Waals surface area contributed by atoms with Crippen LogP contribution in [0.4, 0.5) is 0 Å². The number of benzene rings is 1. The number of carbonyl (C=O) groups excluding carboxylic acids is 1. The van der Waals surface area contributed by atoms with Crippen molar-refractivity contribution in [2.75, 3.05) is 33.8 Å². The summed E-state index contributed by atoms with van der Waals surface area (Å²) in [6.45, 7) is 2.58. The summed E-state index contributed by atoms with van der Waals surface area (Å²) in [5, 5.41) is 0. The van der Waals surface area contributed by atoms with Crippen molar-refractivity contribution in [3.8, 4) is 11.1 Å². The minimum absolute atomic E-state index is 0.00447. The van der Waals surface area contributed by atoms with E-state index in [0.29, 0.717) is 19.6 Å². The molecular weight excluding hydrogens is 388 g/mol. The molecule has 0 N–H and O–H groups in total. The summed E-state index contributed by atoms with van der Waals surface area (Å²) >= 11 is 0. The van der Waals surface area contributed by atoms with E-state index in [4.69, 9.17) is 4.74 Å².